The molecule has 3 rings (SSSR count). The Hall–Kier alpha value is -2.22. The van der Waals surface area contributed by atoms with Gasteiger partial charge in [0, 0.05) is 23.6 Å². The molecule has 0 spiro atoms. The number of thiophene rings is 1. The smallest absolute Gasteiger partial charge is 0.339 e. The van der Waals surface area contributed by atoms with E-state index in [0.717, 1.165) is 29.1 Å². The molecule has 2 aromatic rings. The van der Waals surface area contributed by atoms with Crippen molar-refractivity contribution in [2.24, 2.45) is 0 Å². The second kappa shape index (κ2) is 7.35. The number of hydrogen-bond donors (Lipinski definition) is 2. The van der Waals surface area contributed by atoms with Gasteiger partial charge in [0.05, 0.1) is 5.56 Å². The predicted octanol–water partition coefficient (Wildman–Crippen LogP) is 3.54. The molecule has 1 saturated carbocycles. The fraction of sp³-hybridized carbons (Fsp3) is 0.529. The van der Waals surface area contributed by atoms with Crippen molar-refractivity contribution >= 4 is 28.2 Å². The number of carbonyl (C=O) groups excluding carboxylic acids is 1. The summed E-state index contributed by atoms with van der Waals surface area (Å²) in [6, 6.07) is 0. The van der Waals surface area contributed by atoms with Crippen LogP contribution in [-0.2, 0) is 17.6 Å². The first-order chi connectivity index (χ1) is 12.0. The largest absolute Gasteiger partial charge is 0.478 e. The third-order valence-electron chi connectivity index (χ3n) is 4.25. The molecule has 2 N–H and O–H groups in total. The van der Waals surface area contributed by atoms with Gasteiger partial charge in [-0.25, -0.2) is 4.79 Å². The number of amides is 1. The number of aromatic carboxylic acids is 1. The molecule has 1 fully saturated rings. The molecule has 2 aromatic heterocycles. The van der Waals surface area contributed by atoms with Crippen molar-refractivity contribution in [1.82, 2.24) is 10.1 Å². The SMILES string of the molecule is CCc1c(C)sc(NC(=O)CCCc2nc(C3CC3)no2)c1C(=O)O. The van der Waals surface area contributed by atoms with E-state index in [1.807, 2.05) is 13.8 Å². The lowest BCUT2D eigenvalue weighted by Crippen LogP contribution is -2.13. The molecule has 1 aliphatic rings. The van der Waals surface area contributed by atoms with Crippen LogP contribution in [0.3, 0.4) is 0 Å². The third kappa shape index (κ3) is 4.07. The van der Waals surface area contributed by atoms with Crippen LogP contribution >= 0.6 is 11.3 Å². The Morgan fingerprint density at radius 2 is 2.16 bits per heavy atom. The Kier molecular flexibility index (Phi) is 5.17. The number of anilines is 1. The van der Waals surface area contributed by atoms with Crippen LogP contribution in [-0.4, -0.2) is 27.1 Å². The normalized spacial score (nSPS) is 13.8. The zero-order chi connectivity index (χ0) is 18.0. The van der Waals surface area contributed by atoms with Gasteiger partial charge in [0.15, 0.2) is 5.82 Å². The maximum absolute atomic E-state index is 12.1. The Balaban J connectivity index is 1.54. The molecule has 0 unspecified atom stereocenters. The van der Waals surface area contributed by atoms with Gasteiger partial charge >= 0.3 is 5.97 Å². The van der Waals surface area contributed by atoms with Crippen molar-refractivity contribution in [3.05, 3.63) is 27.7 Å². The van der Waals surface area contributed by atoms with Crippen LogP contribution in [0.5, 0.6) is 0 Å². The first kappa shape index (κ1) is 17.6. The minimum Gasteiger partial charge on any atom is -0.478 e. The van der Waals surface area contributed by atoms with E-state index in [2.05, 4.69) is 15.5 Å². The van der Waals surface area contributed by atoms with Crippen LogP contribution in [0.4, 0.5) is 5.00 Å². The van der Waals surface area contributed by atoms with Crippen molar-refractivity contribution < 1.29 is 19.2 Å². The molecule has 134 valence electrons. The van der Waals surface area contributed by atoms with Crippen molar-refractivity contribution in [1.29, 1.82) is 0 Å². The number of carbonyl (C=O) groups is 2. The molecule has 0 atom stereocenters. The summed E-state index contributed by atoms with van der Waals surface area (Å²) in [7, 11) is 0. The van der Waals surface area contributed by atoms with E-state index in [4.69, 9.17) is 4.52 Å². The highest BCUT2D eigenvalue weighted by Gasteiger charge is 2.28. The predicted molar refractivity (Wildman–Crippen MR) is 93.2 cm³/mol. The quantitative estimate of drug-likeness (QED) is 0.743. The van der Waals surface area contributed by atoms with Crippen LogP contribution in [0.1, 0.15) is 71.0 Å². The summed E-state index contributed by atoms with van der Waals surface area (Å²) in [4.78, 5) is 28.9. The molecule has 0 bridgehead atoms. The molecule has 25 heavy (non-hydrogen) atoms. The van der Waals surface area contributed by atoms with E-state index in [0.29, 0.717) is 36.1 Å². The number of carboxylic acid groups (broad SMARTS) is 1. The molecule has 0 radical (unpaired) electrons. The zero-order valence-corrected chi connectivity index (χ0v) is 15.1. The number of carboxylic acids is 1. The van der Waals surface area contributed by atoms with Gasteiger partial charge in [0.25, 0.3) is 0 Å². The third-order valence-corrected chi connectivity index (χ3v) is 5.31. The van der Waals surface area contributed by atoms with Gasteiger partial charge in [-0.1, -0.05) is 12.1 Å². The fourth-order valence-corrected chi connectivity index (χ4v) is 3.94. The lowest BCUT2D eigenvalue weighted by atomic mass is 10.1. The summed E-state index contributed by atoms with van der Waals surface area (Å²) in [6.45, 7) is 3.78. The van der Waals surface area contributed by atoms with Gasteiger partial charge in [0.2, 0.25) is 11.8 Å². The van der Waals surface area contributed by atoms with Crippen molar-refractivity contribution in [2.75, 3.05) is 5.32 Å². The van der Waals surface area contributed by atoms with Crippen molar-refractivity contribution in [3.8, 4) is 0 Å². The van der Waals surface area contributed by atoms with Crippen LogP contribution < -0.4 is 5.32 Å². The lowest BCUT2D eigenvalue weighted by Gasteiger charge is -2.04. The summed E-state index contributed by atoms with van der Waals surface area (Å²) in [5, 5.41) is 16.5. The van der Waals surface area contributed by atoms with E-state index < -0.39 is 5.97 Å². The summed E-state index contributed by atoms with van der Waals surface area (Å²) in [5.74, 6) is 0.571. The lowest BCUT2D eigenvalue weighted by molar-refractivity contribution is -0.116. The monoisotopic (exact) mass is 363 g/mol. The highest BCUT2D eigenvalue weighted by atomic mass is 32.1. The molecule has 1 amide bonds. The number of hydrogen-bond acceptors (Lipinski definition) is 6. The minimum atomic E-state index is -1.00. The Morgan fingerprint density at radius 1 is 1.40 bits per heavy atom. The second-order valence-corrected chi connectivity index (χ2v) is 7.45. The molecule has 8 heteroatoms. The van der Waals surface area contributed by atoms with Crippen LogP contribution in [0.2, 0.25) is 0 Å². The van der Waals surface area contributed by atoms with Gasteiger partial charge in [-0.2, -0.15) is 4.98 Å². The van der Waals surface area contributed by atoms with Crippen LogP contribution in [0, 0.1) is 6.92 Å². The van der Waals surface area contributed by atoms with Crippen molar-refractivity contribution in [3.63, 3.8) is 0 Å². The van der Waals surface area contributed by atoms with Crippen LogP contribution in [0.15, 0.2) is 4.52 Å². The summed E-state index contributed by atoms with van der Waals surface area (Å²) < 4.78 is 5.18. The van der Waals surface area contributed by atoms with E-state index in [1.54, 1.807) is 0 Å². The van der Waals surface area contributed by atoms with E-state index >= 15 is 0 Å². The molecular formula is C17H21N3O4S. The Labute approximate surface area is 149 Å². The molecular weight excluding hydrogens is 342 g/mol. The maximum Gasteiger partial charge on any atom is 0.339 e. The van der Waals surface area contributed by atoms with Gasteiger partial charge in [-0.05, 0) is 38.2 Å². The number of nitrogens with zero attached hydrogens (tertiary/aromatic N) is 2. The fourth-order valence-electron chi connectivity index (χ4n) is 2.78. The van der Waals surface area contributed by atoms with E-state index in [-0.39, 0.29) is 17.9 Å². The highest BCUT2D eigenvalue weighted by Crippen LogP contribution is 2.38. The average molecular weight is 363 g/mol. The van der Waals surface area contributed by atoms with E-state index in [1.165, 1.54) is 11.3 Å². The summed E-state index contributed by atoms with van der Waals surface area (Å²) in [6.07, 6.45) is 4.26. The molecule has 0 saturated heterocycles. The topological polar surface area (TPSA) is 105 Å². The Bertz CT molecular complexity index is 792. The first-order valence-electron chi connectivity index (χ1n) is 8.47. The number of aromatic nitrogens is 2. The molecule has 7 nitrogen and oxygen atoms in total. The van der Waals surface area contributed by atoms with Gasteiger partial charge < -0.3 is 14.9 Å². The maximum atomic E-state index is 12.1. The van der Waals surface area contributed by atoms with E-state index in [9.17, 15) is 14.7 Å². The standard InChI is InChI=1S/C17H21N3O4S/c1-3-11-9(2)25-16(14(11)17(22)23)18-12(21)5-4-6-13-19-15(20-24-13)10-7-8-10/h10H,3-8H2,1-2H3,(H,18,21)(H,22,23). The van der Waals surface area contributed by atoms with Gasteiger partial charge in [0.1, 0.15) is 5.00 Å². The molecule has 2 heterocycles. The van der Waals surface area contributed by atoms with Crippen molar-refractivity contribution in [2.45, 2.75) is 58.3 Å². The van der Waals surface area contributed by atoms with Gasteiger partial charge in [-0.15, -0.1) is 11.3 Å². The molecule has 1 aliphatic carbocycles. The zero-order valence-electron chi connectivity index (χ0n) is 14.3. The number of rotatable bonds is 8. The molecule has 0 aliphatic heterocycles. The second-order valence-electron chi connectivity index (χ2n) is 6.22. The minimum absolute atomic E-state index is 0.201. The Morgan fingerprint density at radius 3 is 2.80 bits per heavy atom. The molecule has 0 aromatic carbocycles. The van der Waals surface area contributed by atoms with Crippen LogP contribution in [0.25, 0.3) is 0 Å². The summed E-state index contributed by atoms with van der Waals surface area (Å²) in [5.41, 5.74) is 0.996. The first-order valence-corrected chi connectivity index (χ1v) is 9.29. The highest BCUT2D eigenvalue weighted by molar-refractivity contribution is 7.16. The average Bonchev–Trinajstić information content (AvgIpc) is 3.21. The number of nitrogens with one attached hydrogen (secondary N) is 1. The number of aryl methyl sites for hydroxylation is 2. The van der Waals surface area contributed by atoms with Gasteiger partial charge in [-0.3, -0.25) is 4.79 Å². The summed E-state index contributed by atoms with van der Waals surface area (Å²) >= 11 is 1.31.